The average Bonchev–Trinajstić information content (AvgIpc) is 2.68. The molecule has 0 aromatic heterocycles. The lowest BCUT2D eigenvalue weighted by Gasteiger charge is -2.21. The van der Waals surface area contributed by atoms with Crippen molar-refractivity contribution >= 4 is 5.84 Å². The van der Waals surface area contributed by atoms with Crippen molar-refractivity contribution in [3.8, 4) is 0 Å². The van der Waals surface area contributed by atoms with Gasteiger partial charge in [0.1, 0.15) is 5.92 Å². The van der Waals surface area contributed by atoms with E-state index in [2.05, 4.69) is 17.4 Å². The number of nitrogens with zero attached hydrogens (tertiary/aromatic N) is 1. The average molecular weight is 267 g/mol. The van der Waals surface area contributed by atoms with E-state index in [1.807, 2.05) is 0 Å². The third-order valence-corrected chi connectivity index (χ3v) is 3.66. The Labute approximate surface area is 104 Å². The second-order valence-corrected chi connectivity index (χ2v) is 4.95. The van der Waals surface area contributed by atoms with Gasteiger partial charge in [-0.1, -0.05) is 24.9 Å². The Bertz CT molecular complexity index is 294. The molecule has 0 aromatic rings. The van der Waals surface area contributed by atoms with Gasteiger partial charge >= 0.3 is 6.18 Å². The number of halogens is 3. The predicted octanol–water partition coefficient (Wildman–Crippen LogP) is 1.94. The van der Waals surface area contributed by atoms with E-state index in [0.717, 1.165) is 19.3 Å². The highest BCUT2D eigenvalue weighted by atomic mass is 19.4. The van der Waals surface area contributed by atoms with Crippen molar-refractivity contribution in [2.75, 3.05) is 13.1 Å². The summed E-state index contributed by atoms with van der Waals surface area (Å²) in [6, 6.07) is 0. The van der Waals surface area contributed by atoms with Gasteiger partial charge in [-0.2, -0.15) is 13.2 Å². The van der Waals surface area contributed by atoms with Gasteiger partial charge in [0.15, 0.2) is 5.84 Å². The Morgan fingerprint density at radius 3 is 2.61 bits per heavy atom. The molecule has 7 heteroatoms. The molecule has 0 radical (unpaired) electrons. The monoisotopic (exact) mass is 267 g/mol. The molecule has 4 N–H and O–H groups in total. The van der Waals surface area contributed by atoms with Crippen LogP contribution in [-0.4, -0.2) is 30.3 Å². The van der Waals surface area contributed by atoms with Crippen LogP contribution in [0.1, 0.15) is 26.2 Å². The van der Waals surface area contributed by atoms with Gasteiger partial charge in [-0.25, -0.2) is 0 Å². The first-order valence-electron chi connectivity index (χ1n) is 6.11. The fourth-order valence-corrected chi connectivity index (χ4v) is 2.40. The Morgan fingerprint density at radius 2 is 2.17 bits per heavy atom. The van der Waals surface area contributed by atoms with Crippen molar-refractivity contribution in [3.05, 3.63) is 0 Å². The summed E-state index contributed by atoms with van der Waals surface area (Å²) < 4.78 is 37.9. The number of amidine groups is 1. The van der Waals surface area contributed by atoms with Crippen LogP contribution < -0.4 is 11.1 Å². The van der Waals surface area contributed by atoms with Crippen LogP contribution in [0, 0.1) is 17.8 Å². The van der Waals surface area contributed by atoms with Crippen LogP contribution in [0.5, 0.6) is 0 Å². The number of nitrogens with one attached hydrogen (secondary N) is 1. The van der Waals surface area contributed by atoms with E-state index >= 15 is 0 Å². The topological polar surface area (TPSA) is 70.6 Å². The minimum Gasteiger partial charge on any atom is -0.409 e. The normalized spacial score (nSPS) is 27.4. The van der Waals surface area contributed by atoms with Crippen molar-refractivity contribution in [1.82, 2.24) is 5.32 Å². The molecule has 3 atom stereocenters. The van der Waals surface area contributed by atoms with Gasteiger partial charge in [-0.05, 0) is 24.8 Å². The molecule has 0 spiro atoms. The van der Waals surface area contributed by atoms with Crippen molar-refractivity contribution in [3.63, 3.8) is 0 Å². The maximum Gasteiger partial charge on any atom is 0.400 e. The molecular weight excluding hydrogens is 247 g/mol. The number of oxime groups is 1. The van der Waals surface area contributed by atoms with E-state index in [0.29, 0.717) is 18.4 Å². The maximum atomic E-state index is 12.6. The molecule has 0 aliphatic heterocycles. The molecule has 1 aliphatic rings. The van der Waals surface area contributed by atoms with Crippen LogP contribution >= 0.6 is 0 Å². The number of alkyl halides is 3. The smallest absolute Gasteiger partial charge is 0.400 e. The van der Waals surface area contributed by atoms with Gasteiger partial charge in [0.05, 0.1) is 0 Å². The molecule has 1 saturated carbocycles. The molecule has 3 unspecified atom stereocenters. The molecule has 0 amide bonds. The van der Waals surface area contributed by atoms with Crippen LogP contribution in [0.2, 0.25) is 0 Å². The van der Waals surface area contributed by atoms with Gasteiger partial charge in [0, 0.05) is 6.54 Å². The third-order valence-electron chi connectivity index (χ3n) is 3.66. The van der Waals surface area contributed by atoms with Crippen LogP contribution in [0.25, 0.3) is 0 Å². The molecule has 0 aromatic carbocycles. The van der Waals surface area contributed by atoms with Crippen molar-refractivity contribution in [1.29, 1.82) is 0 Å². The highest BCUT2D eigenvalue weighted by Gasteiger charge is 2.42. The summed E-state index contributed by atoms with van der Waals surface area (Å²) in [7, 11) is 0. The Kier molecular flexibility index (Phi) is 5.25. The van der Waals surface area contributed by atoms with Crippen LogP contribution in [0.15, 0.2) is 5.16 Å². The predicted molar refractivity (Wildman–Crippen MR) is 62.3 cm³/mol. The van der Waals surface area contributed by atoms with Crippen molar-refractivity contribution in [2.24, 2.45) is 28.6 Å². The zero-order valence-corrected chi connectivity index (χ0v) is 10.4. The first-order valence-corrected chi connectivity index (χ1v) is 6.11. The van der Waals surface area contributed by atoms with Gasteiger partial charge < -0.3 is 16.3 Å². The van der Waals surface area contributed by atoms with E-state index in [9.17, 15) is 13.2 Å². The van der Waals surface area contributed by atoms with Gasteiger partial charge in [0.25, 0.3) is 0 Å². The number of hydrogen-bond acceptors (Lipinski definition) is 3. The highest BCUT2D eigenvalue weighted by molar-refractivity contribution is 5.83. The molecular formula is C11H20F3N3O. The van der Waals surface area contributed by atoms with Gasteiger partial charge in [-0.3, -0.25) is 0 Å². The minimum absolute atomic E-state index is 0.345. The molecule has 1 fully saturated rings. The van der Waals surface area contributed by atoms with Gasteiger partial charge in [0.2, 0.25) is 0 Å². The van der Waals surface area contributed by atoms with E-state index in [1.165, 1.54) is 0 Å². The van der Waals surface area contributed by atoms with E-state index in [1.54, 1.807) is 0 Å². The Balaban J connectivity index is 2.43. The maximum absolute atomic E-state index is 12.6. The lowest BCUT2D eigenvalue weighted by Crippen LogP contribution is -2.43. The number of hydrogen-bond donors (Lipinski definition) is 3. The van der Waals surface area contributed by atoms with E-state index < -0.39 is 17.9 Å². The summed E-state index contributed by atoms with van der Waals surface area (Å²) in [5.74, 6) is -1.76. The highest BCUT2D eigenvalue weighted by Crippen LogP contribution is 2.31. The minimum atomic E-state index is -4.50. The Hall–Kier alpha value is -0.980. The summed E-state index contributed by atoms with van der Waals surface area (Å²) in [5.41, 5.74) is 5.06. The second kappa shape index (κ2) is 6.26. The molecule has 0 bridgehead atoms. The largest absolute Gasteiger partial charge is 0.409 e. The summed E-state index contributed by atoms with van der Waals surface area (Å²) in [6.45, 7) is 2.32. The molecule has 0 saturated heterocycles. The lowest BCUT2D eigenvalue weighted by atomic mass is 9.98. The van der Waals surface area contributed by atoms with Crippen molar-refractivity contribution < 1.29 is 18.4 Å². The van der Waals surface area contributed by atoms with E-state index in [4.69, 9.17) is 10.9 Å². The molecule has 18 heavy (non-hydrogen) atoms. The third kappa shape index (κ3) is 4.04. The first kappa shape index (κ1) is 15.1. The zero-order valence-electron chi connectivity index (χ0n) is 10.4. The first-order chi connectivity index (χ1) is 8.36. The molecule has 1 aliphatic carbocycles. The molecule has 0 heterocycles. The number of nitrogens with two attached hydrogens (primary N) is 1. The lowest BCUT2D eigenvalue weighted by molar-refractivity contribution is -0.155. The fourth-order valence-electron chi connectivity index (χ4n) is 2.40. The summed E-state index contributed by atoms with van der Waals surface area (Å²) >= 11 is 0. The second-order valence-electron chi connectivity index (χ2n) is 4.95. The number of rotatable bonds is 5. The molecule has 1 rings (SSSR count). The summed E-state index contributed by atoms with van der Waals surface area (Å²) in [6.07, 6.45) is -1.18. The SMILES string of the molecule is CC1CCCC1CNCC(C(N)=NO)C(F)(F)F. The van der Waals surface area contributed by atoms with E-state index in [-0.39, 0.29) is 6.54 Å². The van der Waals surface area contributed by atoms with Crippen LogP contribution in [0.3, 0.4) is 0 Å². The van der Waals surface area contributed by atoms with Gasteiger partial charge in [-0.15, -0.1) is 0 Å². The molecule has 106 valence electrons. The zero-order chi connectivity index (χ0) is 13.8. The Morgan fingerprint density at radius 1 is 1.50 bits per heavy atom. The standard InChI is InChI=1S/C11H20F3N3O/c1-7-3-2-4-8(7)5-16-6-9(10(15)17-18)11(12,13)14/h7-9,16,18H,2-6H2,1H3,(H2,15,17). The quantitative estimate of drug-likeness (QED) is 0.308. The van der Waals surface area contributed by atoms with Crippen molar-refractivity contribution in [2.45, 2.75) is 32.4 Å². The summed E-state index contributed by atoms with van der Waals surface area (Å²) in [5, 5.41) is 13.6. The molecule has 4 nitrogen and oxygen atoms in total. The van der Waals surface area contributed by atoms with Crippen LogP contribution in [-0.2, 0) is 0 Å². The fraction of sp³-hybridized carbons (Fsp3) is 0.909. The van der Waals surface area contributed by atoms with Crippen LogP contribution in [0.4, 0.5) is 13.2 Å². The summed E-state index contributed by atoms with van der Waals surface area (Å²) in [4.78, 5) is 0.